The minimum Gasteiger partial charge on any atom is -0.311 e. The van der Waals surface area contributed by atoms with Crippen LogP contribution in [-0.4, -0.2) is 12.1 Å². The third-order valence-electron chi connectivity index (χ3n) is 4.18. The van der Waals surface area contributed by atoms with Crippen LogP contribution in [0.5, 0.6) is 0 Å². The van der Waals surface area contributed by atoms with Crippen LogP contribution < -0.4 is 5.32 Å². The zero-order valence-corrected chi connectivity index (χ0v) is 14.3. The number of hydrogen-bond acceptors (Lipinski definition) is 1. The lowest BCUT2D eigenvalue weighted by molar-refractivity contribution is 0.295. The van der Waals surface area contributed by atoms with Crippen molar-refractivity contribution >= 4 is 0 Å². The second-order valence-corrected chi connectivity index (χ2v) is 5.92. The van der Waals surface area contributed by atoms with E-state index in [2.05, 4.69) is 44.8 Å². The normalized spacial score (nSPS) is 18.6. The summed E-state index contributed by atoms with van der Waals surface area (Å²) in [5.41, 5.74) is 0. The molecule has 1 nitrogen and oxygen atoms in total. The van der Waals surface area contributed by atoms with Crippen LogP contribution in [0.4, 0.5) is 0 Å². The molecule has 1 fully saturated rings. The lowest BCUT2D eigenvalue weighted by Gasteiger charge is -2.29. The van der Waals surface area contributed by atoms with Gasteiger partial charge in [0.15, 0.2) is 0 Å². The Hall–Kier alpha value is -0.560. The van der Waals surface area contributed by atoms with Crippen LogP contribution in [0.1, 0.15) is 79.1 Å². The fourth-order valence-electron chi connectivity index (χ4n) is 3.14. The average molecular weight is 280 g/mol. The van der Waals surface area contributed by atoms with Gasteiger partial charge in [0.1, 0.15) is 0 Å². The van der Waals surface area contributed by atoms with Crippen molar-refractivity contribution in [1.82, 2.24) is 5.32 Å². The molecular weight excluding hydrogens is 242 g/mol. The lowest BCUT2D eigenvalue weighted by atomic mass is 9.89. The summed E-state index contributed by atoms with van der Waals surface area (Å²) in [6, 6.07) is 1.51. The highest BCUT2D eigenvalue weighted by molar-refractivity contribution is 4.89. The third-order valence-corrected chi connectivity index (χ3v) is 4.18. The monoisotopic (exact) mass is 279 g/mol. The van der Waals surface area contributed by atoms with Gasteiger partial charge < -0.3 is 5.32 Å². The Kier molecular flexibility index (Phi) is 13.0. The van der Waals surface area contributed by atoms with E-state index >= 15 is 0 Å². The van der Waals surface area contributed by atoms with Gasteiger partial charge in [-0.15, -0.1) is 6.58 Å². The summed E-state index contributed by atoms with van der Waals surface area (Å²) < 4.78 is 0. The molecule has 2 unspecified atom stereocenters. The number of rotatable bonds is 8. The smallest absolute Gasteiger partial charge is 0.0132 e. The molecule has 0 bridgehead atoms. The Balaban J connectivity index is 0.00000110. The van der Waals surface area contributed by atoms with E-state index in [1.165, 1.54) is 51.4 Å². The van der Waals surface area contributed by atoms with Gasteiger partial charge >= 0.3 is 0 Å². The molecule has 0 amide bonds. The first kappa shape index (κ1) is 19.4. The Labute approximate surface area is 127 Å². The Bertz CT molecular complexity index is 238. The predicted octanol–water partition coefficient (Wildman–Crippen LogP) is 5.87. The summed E-state index contributed by atoms with van der Waals surface area (Å²) in [6.45, 7) is 12.0. The summed E-state index contributed by atoms with van der Waals surface area (Å²) in [5, 5.41) is 3.94. The molecule has 20 heavy (non-hydrogen) atoms. The zero-order valence-electron chi connectivity index (χ0n) is 14.3. The van der Waals surface area contributed by atoms with E-state index < -0.39 is 0 Å². The maximum absolute atomic E-state index is 3.94. The van der Waals surface area contributed by atoms with Crippen LogP contribution in [0.25, 0.3) is 0 Å². The molecule has 118 valence electrons. The summed E-state index contributed by atoms with van der Waals surface area (Å²) in [5.74, 6) is 0.858. The van der Waals surface area contributed by atoms with Gasteiger partial charge in [-0.3, -0.25) is 0 Å². The standard InChI is InChI=1S/C16H31N.C3H6/c1-4-7-13-16(14(6-3)10-5-2)17-15-11-8-9-12-15;1-3-2/h4,7,14-17H,5-6,8-13H2,1-3H3;3H,1H2,2H3/b7-4-;. The van der Waals surface area contributed by atoms with Crippen molar-refractivity contribution in [1.29, 1.82) is 0 Å². The molecule has 1 N–H and O–H groups in total. The van der Waals surface area contributed by atoms with E-state index in [4.69, 9.17) is 0 Å². The van der Waals surface area contributed by atoms with Crippen molar-refractivity contribution in [3.63, 3.8) is 0 Å². The van der Waals surface area contributed by atoms with Crippen molar-refractivity contribution < 1.29 is 0 Å². The largest absolute Gasteiger partial charge is 0.311 e. The van der Waals surface area contributed by atoms with Crippen LogP contribution >= 0.6 is 0 Å². The van der Waals surface area contributed by atoms with Crippen molar-refractivity contribution in [3.05, 3.63) is 24.8 Å². The van der Waals surface area contributed by atoms with Crippen LogP contribution in [0.2, 0.25) is 0 Å². The summed E-state index contributed by atoms with van der Waals surface area (Å²) >= 11 is 0. The molecule has 0 saturated heterocycles. The quantitative estimate of drug-likeness (QED) is 0.548. The first-order chi connectivity index (χ1) is 9.73. The van der Waals surface area contributed by atoms with E-state index in [-0.39, 0.29) is 0 Å². The topological polar surface area (TPSA) is 12.0 Å². The molecule has 1 heteroatoms. The average Bonchev–Trinajstić information content (AvgIpc) is 2.95. The molecule has 0 aromatic heterocycles. The van der Waals surface area contributed by atoms with Crippen LogP contribution in [0.15, 0.2) is 24.8 Å². The van der Waals surface area contributed by atoms with Gasteiger partial charge in [0.25, 0.3) is 0 Å². The highest BCUT2D eigenvalue weighted by Crippen LogP contribution is 2.23. The second-order valence-electron chi connectivity index (χ2n) is 5.92. The van der Waals surface area contributed by atoms with Crippen LogP contribution in [-0.2, 0) is 0 Å². The van der Waals surface area contributed by atoms with Gasteiger partial charge in [0.2, 0.25) is 0 Å². The molecule has 0 aromatic carbocycles. The van der Waals surface area contributed by atoms with E-state index in [9.17, 15) is 0 Å². The van der Waals surface area contributed by atoms with Crippen molar-refractivity contribution in [2.45, 2.75) is 91.1 Å². The van der Waals surface area contributed by atoms with E-state index in [0.717, 1.165) is 12.0 Å². The molecule has 1 aliphatic carbocycles. The number of hydrogen-bond donors (Lipinski definition) is 1. The van der Waals surface area contributed by atoms with Gasteiger partial charge in [-0.2, -0.15) is 0 Å². The number of allylic oxidation sites excluding steroid dienone is 2. The van der Waals surface area contributed by atoms with Gasteiger partial charge in [-0.1, -0.05) is 57.8 Å². The minimum absolute atomic E-state index is 0.708. The molecule has 0 radical (unpaired) electrons. The second kappa shape index (κ2) is 13.4. The van der Waals surface area contributed by atoms with Gasteiger partial charge in [-0.25, -0.2) is 0 Å². The van der Waals surface area contributed by atoms with Gasteiger partial charge in [0, 0.05) is 12.1 Å². The first-order valence-electron chi connectivity index (χ1n) is 8.67. The first-order valence-corrected chi connectivity index (χ1v) is 8.67. The Morgan fingerprint density at radius 2 is 1.80 bits per heavy atom. The molecule has 0 heterocycles. The highest BCUT2D eigenvalue weighted by atomic mass is 15.0. The van der Waals surface area contributed by atoms with E-state index in [1.54, 1.807) is 6.08 Å². The minimum atomic E-state index is 0.708. The molecule has 0 aromatic rings. The maximum Gasteiger partial charge on any atom is 0.0132 e. The maximum atomic E-state index is 3.94. The van der Waals surface area contributed by atoms with Gasteiger partial charge in [-0.05, 0) is 45.4 Å². The van der Waals surface area contributed by atoms with Crippen molar-refractivity contribution in [3.8, 4) is 0 Å². The Morgan fingerprint density at radius 1 is 1.20 bits per heavy atom. The van der Waals surface area contributed by atoms with Crippen LogP contribution in [0.3, 0.4) is 0 Å². The fraction of sp³-hybridized carbons (Fsp3) is 0.789. The van der Waals surface area contributed by atoms with Gasteiger partial charge in [0.05, 0.1) is 0 Å². The summed E-state index contributed by atoms with van der Waals surface area (Å²) in [7, 11) is 0. The molecule has 0 spiro atoms. The predicted molar refractivity (Wildman–Crippen MR) is 93.2 cm³/mol. The van der Waals surface area contributed by atoms with E-state index in [1.807, 2.05) is 6.92 Å². The molecular formula is C19H37N. The summed E-state index contributed by atoms with van der Waals surface area (Å²) in [6.07, 6.45) is 17.2. The van der Waals surface area contributed by atoms with Crippen molar-refractivity contribution in [2.24, 2.45) is 5.92 Å². The molecule has 1 aliphatic rings. The van der Waals surface area contributed by atoms with Crippen LogP contribution in [0, 0.1) is 5.92 Å². The Morgan fingerprint density at radius 3 is 2.25 bits per heavy atom. The zero-order chi connectivity index (χ0) is 15.2. The van der Waals surface area contributed by atoms with Crippen molar-refractivity contribution in [2.75, 3.05) is 0 Å². The summed E-state index contributed by atoms with van der Waals surface area (Å²) in [4.78, 5) is 0. The molecule has 2 atom stereocenters. The number of nitrogens with one attached hydrogen (secondary N) is 1. The highest BCUT2D eigenvalue weighted by Gasteiger charge is 2.23. The molecule has 1 saturated carbocycles. The SMILES string of the molecule is C/C=C\CC(NC1CCCC1)C(CC)CCC.C=CC. The fourth-order valence-corrected chi connectivity index (χ4v) is 3.14. The molecule has 0 aliphatic heterocycles. The third kappa shape index (κ3) is 8.58. The lowest BCUT2D eigenvalue weighted by Crippen LogP contribution is -2.41. The molecule has 1 rings (SSSR count). The van der Waals surface area contributed by atoms with E-state index in [0.29, 0.717) is 6.04 Å².